The van der Waals surface area contributed by atoms with E-state index in [9.17, 15) is 12.8 Å². The molecule has 0 bridgehead atoms. The summed E-state index contributed by atoms with van der Waals surface area (Å²) in [5.41, 5.74) is 4.76. The number of aliphatic imine (C=N–C) groups is 1. The van der Waals surface area contributed by atoms with Gasteiger partial charge in [0.15, 0.2) is 5.17 Å². The van der Waals surface area contributed by atoms with Gasteiger partial charge in [0.05, 0.1) is 34.5 Å². The molecule has 1 saturated heterocycles. The molecule has 0 radical (unpaired) electrons. The first-order valence-electron chi connectivity index (χ1n) is 9.11. The fourth-order valence-corrected chi connectivity index (χ4v) is 5.31. The zero-order chi connectivity index (χ0) is 21.1. The van der Waals surface area contributed by atoms with Crippen LogP contribution in [0.1, 0.15) is 5.56 Å². The molecule has 11 heteroatoms. The molecular formula is C19H18ClFN4O3S2. The van der Waals surface area contributed by atoms with Gasteiger partial charge in [0, 0.05) is 18.8 Å². The average Bonchev–Trinajstić information content (AvgIpc) is 2.77. The highest BCUT2D eigenvalue weighted by Gasteiger charge is 2.27. The molecule has 0 saturated carbocycles. The maximum absolute atomic E-state index is 13.1. The first kappa shape index (κ1) is 21.3. The van der Waals surface area contributed by atoms with E-state index in [1.54, 1.807) is 12.1 Å². The van der Waals surface area contributed by atoms with Gasteiger partial charge in [-0.15, -0.1) is 0 Å². The van der Waals surface area contributed by atoms with E-state index >= 15 is 0 Å². The number of hydrogen-bond donors (Lipinski definition) is 1. The van der Waals surface area contributed by atoms with Crippen molar-refractivity contribution >= 4 is 50.0 Å². The van der Waals surface area contributed by atoms with Gasteiger partial charge in [-0.2, -0.15) is 9.41 Å². The van der Waals surface area contributed by atoms with Gasteiger partial charge in [-0.3, -0.25) is 5.43 Å². The third kappa shape index (κ3) is 4.68. The summed E-state index contributed by atoms with van der Waals surface area (Å²) in [7, 11) is -3.65. The maximum atomic E-state index is 13.1. The molecule has 4 rings (SSSR count). The van der Waals surface area contributed by atoms with Crippen LogP contribution in [0.2, 0.25) is 5.02 Å². The summed E-state index contributed by atoms with van der Waals surface area (Å²) in [5, 5.41) is 5.11. The molecule has 0 aromatic heterocycles. The Bertz CT molecular complexity index is 1100. The Kier molecular flexibility index (Phi) is 6.40. The second-order valence-electron chi connectivity index (χ2n) is 6.51. The van der Waals surface area contributed by atoms with Gasteiger partial charge in [0.2, 0.25) is 10.0 Å². The summed E-state index contributed by atoms with van der Waals surface area (Å²) in [6, 6.07) is 10.5. The predicted octanol–water partition coefficient (Wildman–Crippen LogP) is 3.23. The summed E-state index contributed by atoms with van der Waals surface area (Å²) in [4.78, 5) is 4.57. The molecule has 158 valence electrons. The molecule has 7 nitrogen and oxygen atoms in total. The molecule has 0 amide bonds. The van der Waals surface area contributed by atoms with Crippen LogP contribution in [0, 0.1) is 5.82 Å². The number of nitrogens with zero attached hydrogens (tertiary/aromatic N) is 3. The minimum Gasteiger partial charge on any atom is -0.379 e. The van der Waals surface area contributed by atoms with Crippen LogP contribution >= 0.6 is 23.4 Å². The van der Waals surface area contributed by atoms with Gasteiger partial charge >= 0.3 is 0 Å². The average molecular weight is 469 g/mol. The van der Waals surface area contributed by atoms with Crippen LogP contribution in [0.15, 0.2) is 57.5 Å². The lowest BCUT2D eigenvalue weighted by molar-refractivity contribution is 0.0730. The molecule has 0 spiro atoms. The van der Waals surface area contributed by atoms with Crippen molar-refractivity contribution in [2.45, 2.75) is 4.90 Å². The fraction of sp³-hybridized carbons (Fsp3) is 0.263. The standard InChI is InChI=1S/C19H18ClFN4O3S2/c20-16-6-5-15(30(26,27)25-7-9-28-10-8-25)11-17(16)22-19-24-23-18(12-29-19)13-1-3-14(21)4-2-13/h1-6,11H,7-10,12H2,(H,22,24). The minimum atomic E-state index is -3.65. The van der Waals surface area contributed by atoms with E-state index in [1.807, 2.05) is 0 Å². The van der Waals surface area contributed by atoms with E-state index in [0.717, 1.165) is 11.3 Å². The summed E-state index contributed by atoms with van der Waals surface area (Å²) in [6.07, 6.45) is 0. The second-order valence-corrected chi connectivity index (χ2v) is 9.82. The number of hydrogen-bond acceptors (Lipinski definition) is 6. The SMILES string of the molecule is O=S(=O)(c1ccc(Cl)c(N=C2NN=C(c3ccc(F)cc3)CS2)c1)N1CCOCC1. The number of sulfonamides is 1. The van der Waals surface area contributed by atoms with Gasteiger partial charge in [0.1, 0.15) is 5.82 Å². The summed E-state index contributed by atoms with van der Waals surface area (Å²) < 4.78 is 45.5. The van der Waals surface area contributed by atoms with E-state index in [4.69, 9.17) is 16.3 Å². The molecule has 0 unspecified atom stereocenters. The number of thioether (sulfide) groups is 1. The van der Waals surface area contributed by atoms with Crippen molar-refractivity contribution < 1.29 is 17.5 Å². The number of benzene rings is 2. The number of halogens is 2. The van der Waals surface area contributed by atoms with Crippen LogP contribution in [-0.4, -0.2) is 55.7 Å². The largest absolute Gasteiger partial charge is 0.379 e. The Morgan fingerprint density at radius 1 is 1.17 bits per heavy atom. The molecule has 0 atom stereocenters. The van der Waals surface area contributed by atoms with Crippen LogP contribution in [0.4, 0.5) is 10.1 Å². The Labute approximate surface area is 183 Å². The number of rotatable bonds is 4. The molecule has 1 fully saturated rings. The molecule has 0 aliphatic carbocycles. The lowest BCUT2D eigenvalue weighted by Gasteiger charge is -2.26. The first-order valence-corrected chi connectivity index (χ1v) is 11.9. The third-order valence-corrected chi connectivity index (χ3v) is 7.65. The topological polar surface area (TPSA) is 83.4 Å². The highest BCUT2D eigenvalue weighted by atomic mass is 35.5. The lowest BCUT2D eigenvalue weighted by atomic mass is 10.1. The first-order chi connectivity index (χ1) is 14.4. The quantitative estimate of drug-likeness (QED) is 0.744. The molecule has 2 aliphatic rings. The fourth-order valence-electron chi connectivity index (χ4n) is 2.95. The third-order valence-electron chi connectivity index (χ3n) is 4.56. The van der Waals surface area contributed by atoms with Crippen molar-refractivity contribution in [3.05, 3.63) is 58.9 Å². The Morgan fingerprint density at radius 3 is 2.57 bits per heavy atom. The molecule has 30 heavy (non-hydrogen) atoms. The Balaban J connectivity index is 1.55. The van der Waals surface area contributed by atoms with Crippen molar-refractivity contribution in [1.82, 2.24) is 9.73 Å². The van der Waals surface area contributed by atoms with Crippen molar-refractivity contribution in [2.75, 3.05) is 32.1 Å². The molecule has 2 aliphatic heterocycles. The van der Waals surface area contributed by atoms with Gasteiger partial charge in [0.25, 0.3) is 0 Å². The van der Waals surface area contributed by atoms with E-state index in [1.165, 1.54) is 46.4 Å². The summed E-state index contributed by atoms with van der Waals surface area (Å²) in [5.74, 6) is 0.223. The Morgan fingerprint density at radius 2 is 1.90 bits per heavy atom. The lowest BCUT2D eigenvalue weighted by Crippen LogP contribution is -2.40. The van der Waals surface area contributed by atoms with E-state index < -0.39 is 10.0 Å². The zero-order valence-corrected chi connectivity index (χ0v) is 18.1. The van der Waals surface area contributed by atoms with Crippen molar-refractivity contribution in [3.63, 3.8) is 0 Å². The van der Waals surface area contributed by atoms with Crippen LogP contribution in [0.5, 0.6) is 0 Å². The van der Waals surface area contributed by atoms with Crippen LogP contribution in [0.3, 0.4) is 0 Å². The Hall–Kier alpha value is -1.98. The molecule has 2 aromatic carbocycles. The summed E-state index contributed by atoms with van der Waals surface area (Å²) >= 11 is 7.64. The number of hydrazone groups is 1. The van der Waals surface area contributed by atoms with Crippen LogP contribution < -0.4 is 5.43 Å². The minimum absolute atomic E-state index is 0.129. The molecule has 1 N–H and O–H groups in total. The number of amidine groups is 1. The predicted molar refractivity (Wildman–Crippen MR) is 117 cm³/mol. The van der Waals surface area contributed by atoms with Crippen molar-refractivity contribution in [3.8, 4) is 0 Å². The molecule has 2 aromatic rings. The van der Waals surface area contributed by atoms with Crippen molar-refractivity contribution in [2.24, 2.45) is 10.1 Å². The number of ether oxygens (including phenoxy) is 1. The highest BCUT2D eigenvalue weighted by Crippen LogP contribution is 2.31. The van der Waals surface area contributed by atoms with E-state index in [0.29, 0.717) is 47.9 Å². The van der Waals surface area contributed by atoms with E-state index in [-0.39, 0.29) is 10.7 Å². The van der Waals surface area contributed by atoms with E-state index in [2.05, 4.69) is 15.5 Å². The van der Waals surface area contributed by atoms with Gasteiger partial charge < -0.3 is 4.74 Å². The zero-order valence-electron chi connectivity index (χ0n) is 15.7. The maximum Gasteiger partial charge on any atom is 0.243 e. The number of nitrogens with one attached hydrogen (secondary N) is 1. The molecular weight excluding hydrogens is 451 g/mol. The van der Waals surface area contributed by atoms with Gasteiger partial charge in [-0.1, -0.05) is 35.5 Å². The molecule has 2 heterocycles. The second kappa shape index (κ2) is 9.03. The van der Waals surface area contributed by atoms with Crippen molar-refractivity contribution in [1.29, 1.82) is 0 Å². The van der Waals surface area contributed by atoms with Gasteiger partial charge in [-0.05, 0) is 35.9 Å². The normalized spacial score (nSPS) is 19.4. The number of morpholine rings is 1. The van der Waals surface area contributed by atoms with Crippen LogP contribution in [-0.2, 0) is 14.8 Å². The van der Waals surface area contributed by atoms with Crippen LogP contribution in [0.25, 0.3) is 0 Å². The summed E-state index contributed by atoms with van der Waals surface area (Å²) in [6.45, 7) is 1.37. The smallest absolute Gasteiger partial charge is 0.243 e. The monoisotopic (exact) mass is 468 g/mol. The highest BCUT2D eigenvalue weighted by molar-refractivity contribution is 8.14. The van der Waals surface area contributed by atoms with Gasteiger partial charge in [-0.25, -0.2) is 17.8 Å².